The molecule has 4 nitrogen and oxygen atoms in total. The monoisotopic (exact) mass is 367 g/mol. The summed E-state index contributed by atoms with van der Waals surface area (Å²) in [6.45, 7) is 2.19. The van der Waals surface area contributed by atoms with Crippen LogP contribution in [0.2, 0.25) is 0 Å². The highest BCUT2D eigenvalue weighted by Crippen LogP contribution is 2.61. The van der Waals surface area contributed by atoms with Crippen LogP contribution in [0.5, 0.6) is 0 Å². The van der Waals surface area contributed by atoms with E-state index in [1.807, 2.05) is 6.07 Å². The Kier molecular flexibility index (Phi) is 4.67. The first-order valence-electron chi connectivity index (χ1n) is 9.91. The fourth-order valence-corrected chi connectivity index (χ4v) is 5.97. The number of anilines is 1. The molecular weight excluding hydrogens is 341 g/mol. The summed E-state index contributed by atoms with van der Waals surface area (Å²) < 4.78 is 13.0. The van der Waals surface area contributed by atoms with Gasteiger partial charge < -0.3 is 10.6 Å². The number of rotatable bonds is 5. The first-order valence-corrected chi connectivity index (χ1v) is 9.91. The number of halogens is 1. The lowest BCUT2D eigenvalue weighted by molar-refractivity contribution is -0.112. The molecule has 1 unspecified atom stereocenters. The zero-order valence-corrected chi connectivity index (χ0v) is 15.7. The fourth-order valence-electron chi connectivity index (χ4n) is 5.97. The number of benzene rings is 1. The SMILES string of the molecule is CC(N/C=C(/C#N)C(=O)Nc1ccc(F)cc1)C12CC3CC(CC(C3)C1)C2. The van der Waals surface area contributed by atoms with Gasteiger partial charge >= 0.3 is 0 Å². The molecule has 4 aliphatic rings. The first-order chi connectivity index (χ1) is 13.0. The molecule has 1 atom stereocenters. The summed E-state index contributed by atoms with van der Waals surface area (Å²) in [5.74, 6) is 1.74. The highest BCUT2D eigenvalue weighted by molar-refractivity contribution is 6.06. The molecule has 0 radical (unpaired) electrons. The van der Waals surface area contributed by atoms with E-state index in [4.69, 9.17) is 0 Å². The van der Waals surface area contributed by atoms with Crippen LogP contribution in [0.4, 0.5) is 10.1 Å². The number of hydrogen-bond donors (Lipinski definition) is 2. The van der Waals surface area contributed by atoms with E-state index in [2.05, 4.69) is 17.6 Å². The van der Waals surface area contributed by atoms with E-state index in [0.717, 1.165) is 17.8 Å². The van der Waals surface area contributed by atoms with E-state index in [-0.39, 0.29) is 17.4 Å². The second kappa shape index (κ2) is 6.99. The number of amides is 1. The highest BCUT2D eigenvalue weighted by atomic mass is 19.1. The molecule has 0 spiro atoms. The van der Waals surface area contributed by atoms with Crippen molar-refractivity contribution >= 4 is 11.6 Å². The molecule has 4 saturated carbocycles. The Morgan fingerprint density at radius 3 is 2.26 bits per heavy atom. The van der Waals surface area contributed by atoms with E-state index in [9.17, 15) is 14.4 Å². The molecule has 0 aliphatic heterocycles. The zero-order valence-electron chi connectivity index (χ0n) is 15.7. The molecule has 142 valence electrons. The lowest BCUT2D eigenvalue weighted by Gasteiger charge is -2.59. The molecular formula is C22H26FN3O. The number of nitrogens with one attached hydrogen (secondary N) is 2. The van der Waals surface area contributed by atoms with Gasteiger partial charge in [-0.1, -0.05) is 0 Å². The summed E-state index contributed by atoms with van der Waals surface area (Å²) >= 11 is 0. The molecule has 1 aromatic rings. The first kappa shape index (κ1) is 18.0. The predicted molar refractivity (Wildman–Crippen MR) is 102 cm³/mol. The van der Waals surface area contributed by atoms with Crippen LogP contribution in [-0.4, -0.2) is 11.9 Å². The molecule has 5 heteroatoms. The Labute approximate surface area is 159 Å². The average molecular weight is 367 g/mol. The smallest absolute Gasteiger partial charge is 0.267 e. The number of nitriles is 1. The second-order valence-corrected chi connectivity index (χ2v) is 8.80. The molecule has 0 aromatic heterocycles. The molecule has 2 N–H and O–H groups in total. The summed E-state index contributed by atoms with van der Waals surface area (Å²) in [5.41, 5.74) is 0.812. The van der Waals surface area contributed by atoms with Gasteiger partial charge in [0.25, 0.3) is 5.91 Å². The fraction of sp³-hybridized carbons (Fsp3) is 0.545. The standard InChI is InChI=1S/C22H26FN3O/c1-14(22-9-15-6-16(10-22)8-17(7-15)11-22)25-13-18(12-24)21(27)26-20-4-2-19(23)3-5-20/h2-5,13-17,25H,6-11H2,1H3,(H,26,27)/b18-13-. The van der Waals surface area contributed by atoms with Crippen LogP contribution in [-0.2, 0) is 4.79 Å². The Morgan fingerprint density at radius 1 is 1.19 bits per heavy atom. The van der Waals surface area contributed by atoms with Crippen LogP contribution < -0.4 is 10.6 Å². The van der Waals surface area contributed by atoms with Crippen LogP contribution >= 0.6 is 0 Å². The van der Waals surface area contributed by atoms with Gasteiger partial charge in [0, 0.05) is 17.9 Å². The van der Waals surface area contributed by atoms with Crippen molar-refractivity contribution in [3.05, 3.63) is 41.9 Å². The van der Waals surface area contributed by atoms with E-state index < -0.39 is 5.91 Å². The van der Waals surface area contributed by atoms with Crippen molar-refractivity contribution in [3.8, 4) is 6.07 Å². The molecule has 27 heavy (non-hydrogen) atoms. The van der Waals surface area contributed by atoms with Gasteiger partial charge in [0.15, 0.2) is 0 Å². The second-order valence-electron chi connectivity index (χ2n) is 8.80. The Balaban J connectivity index is 1.42. The number of nitrogens with zero attached hydrogens (tertiary/aromatic N) is 1. The van der Waals surface area contributed by atoms with Gasteiger partial charge in [-0.25, -0.2) is 4.39 Å². The molecule has 4 aliphatic carbocycles. The topological polar surface area (TPSA) is 64.9 Å². The maximum absolute atomic E-state index is 13.0. The third kappa shape index (κ3) is 3.58. The number of carbonyl (C=O) groups is 1. The zero-order chi connectivity index (χ0) is 19.0. The van der Waals surface area contributed by atoms with E-state index in [1.165, 1.54) is 62.8 Å². The predicted octanol–water partition coefficient (Wildman–Crippen LogP) is 4.37. The summed E-state index contributed by atoms with van der Waals surface area (Å²) in [7, 11) is 0. The molecule has 5 rings (SSSR count). The minimum absolute atomic E-state index is 0.0379. The van der Waals surface area contributed by atoms with Crippen LogP contribution in [0, 0.1) is 40.3 Å². The lowest BCUT2D eigenvalue weighted by Crippen LogP contribution is -2.54. The Bertz CT molecular complexity index is 757. The van der Waals surface area contributed by atoms with Crippen molar-refractivity contribution in [3.63, 3.8) is 0 Å². The third-order valence-electron chi connectivity index (χ3n) is 6.95. The normalized spacial score (nSPS) is 32.6. The van der Waals surface area contributed by atoms with Crippen molar-refractivity contribution in [2.75, 3.05) is 5.32 Å². The van der Waals surface area contributed by atoms with Crippen molar-refractivity contribution in [1.29, 1.82) is 5.26 Å². The van der Waals surface area contributed by atoms with Crippen molar-refractivity contribution in [2.45, 2.75) is 51.5 Å². The highest BCUT2D eigenvalue weighted by Gasteiger charge is 2.52. The van der Waals surface area contributed by atoms with Crippen LogP contribution in [0.1, 0.15) is 45.4 Å². The van der Waals surface area contributed by atoms with E-state index in [0.29, 0.717) is 11.1 Å². The van der Waals surface area contributed by atoms with Crippen LogP contribution in [0.3, 0.4) is 0 Å². The van der Waals surface area contributed by atoms with E-state index in [1.54, 1.807) is 6.20 Å². The molecule has 0 saturated heterocycles. The van der Waals surface area contributed by atoms with Gasteiger partial charge in [0.05, 0.1) is 0 Å². The number of carbonyl (C=O) groups excluding carboxylic acids is 1. The van der Waals surface area contributed by atoms with Gasteiger partial charge in [0.2, 0.25) is 0 Å². The van der Waals surface area contributed by atoms with E-state index >= 15 is 0 Å². The van der Waals surface area contributed by atoms with Crippen LogP contribution in [0.25, 0.3) is 0 Å². The van der Waals surface area contributed by atoms with Crippen molar-refractivity contribution in [2.24, 2.45) is 23.2 Å². The van der Waals surface area contributed by atoms with Gasteiger partial charge in [-0.15, -0.1) is 0 Å². The summed E-state index contributed by atoms with van der Waals surface area (Å²) in [6.07, 6.45) is 9.55. The molecule has 1 amide bonds. The van der Waals surface area contributed by atoms with Crippen LogP contribution in [0.15, 0.2) is 36.0 Å². The Hall–Kier alpha value is -2.35. The largest absolute Gasteiger partial charge is 0.387 e. The minimum atomic E-state index is -0.477. The number of hydrogen-bond acceptors (Lipinski definition) is 3. The molecule has 1 aromatic carbocycles. The summed E-state index contributed by atoms with van der Waals surface area (Å²) in [5, 5.41) is 15.4. The minimum Gasteiger partial charge on any atom is -0.387 e. The third-order valence-corrected chi connectivity index (χ3v) is 6.95. The van der Waals surface area contributed by atoms with Gasteiger partial charge in [0.1, 0.15) is 17.5 Å². The van der Waals surface area contributed by atoms with Crippen molar-refractivity contribution < 1.29 is 9.18 Å². The summed E-state index contributed by atoms with van der Waals surface area (Å²) in [4.78, 5) is 12.4. The average Bonchev–Trinajstić information content (AvgIpc) is 2.63. The summed E-state index contributed by atoms with van der Waals surface area (Å²) in [6, 6.07) is 7.73. The van der Waals surface area contributed by atoms with Gasteiger partial charge in [-0.2, -0.15) is 5.26 Å². The Morgan fingerprint density at radius 2 is 1.74 bits per heavy atom. The maximum atomic E-state index is 13.0. The maximum Gasteiger partial charge on any atom is 0.267 e. The quantitative estimate of drug-likeness (QED) is 0.600. The van der Waals surface area contributed by atoms with Crippen molar-refractivity contribution in [1.82, 2.24) is 5.32 Å². The molecule has 4 bridgehead atoms. The molecule has 0 heterocycles. The molecule has 4 fully saturated rings. The van der Waals surface area contributed by atoms with Gasteiger partial charge in [-0.3, -0.25) is 4.79 Å². The lowest BCUT2D eigenvalue weighted by atomic mass is 9.48. The van der Waals surface area contributed by atoms with Gasteiger partial charge in [-0.05, 0) is 92.9 Å².